The minimum absolute atomic E-state index is 0.657. The fourth-order valence-electron chi connectivity index (χ4n) is 1.59. The van der Waals surface area contributed by atoms with Crippen LogP contribution >= 0.6 is 7.14 Å². The van der Waals surface area contributed by atoms with Crippen molar-refractivity contribution in [2.75, 3.05) is 19.4 Å². The topological polar surface area (TPSA) is 26.3 Å². The third kappa shape index (κ3) is 3.10. The molecule has 0 heterocycles. The molecule has 0 spiro atoms. The van der Waals surface area contributed by atoms with E-state index in [0.29, 0.717) is 6.16 Å². The van der Waals surface area contributed by atoms with Crippen molar-refractivity contribution in [3.63, 3.8) is 0 Å². The molecule has 0 unspecified atom stereocenters. The van der Waals surface area contributed by atoms with Crippen LogP contribution in [0.2, 0.25) is 0 Å². The maximum atomic E-state index is 12.3. The van der Waals surface area contributed by atoms with Crippen LogP contribution in [-0.2, 0) is 10.7 Å². The summed E-state index contributed by atoms with van der Waals surface area (Å²) in [6, 6.07) is 7.82. The smallest absolute Gasteiger partial charge is 0.122 e. The van der Waals surface area contributed by atoms with E-state index in [1.165, 1.54) is 0 Å². The van der Waals surface area contributed by atoms with Crippen molar-refractivity contribution in [3.8, 4) is 5.75 Å². The molecule has 0 bridgehead atoms. The Balaban J connectivity index is 2.93. The van der Waals surface area contributed by atoms with E-state index in [2.05, 4.69) is 0 Å². The molecular formula is C12H19O2P. The van der Waals surface area contributed by atoms with Gasteiger partial charge in [0, 0.05) is 11.7 Å². The molecule has 3 heteroatoms. The minimum Gasteiger partial charge on any atom is -0.496 e. The van der Waals surface area contributed by atoms with E-state index >= 15 is 0 Å². The van der Waals surface area contributed by atoms with Gasteiger partial charge in [0.05, 0.1) is 14.3 Å². The van der Waals surface area contributed by atoms with E-state index < -0.39 is 7.14 Å². The Labute approximate surface area is 92.0 Å². The lowest BCUT2D eigenvalue weighted by atomic mass is 10.2. The summed E-state index contributed by atoms with van der Waals surface area (Å²) in [5.41, 5.74) is 1.06. The first-order chi connectivity index (χ1) is 7.15. The maximum Gasteiger partial charge on any atom is 0.122 e. The third-order valence-corrected chi connectivity index (χ3v) is 6.03. The van der Waals surface area contributed by atoms with Crippen LogP contribution in [0.4, 0.5) is 0 Å². The molecule has 0 atom stereocenters. The van der Waals surface area contributed by atoms with Crippen molar-refractivity contribution in [1.29, 1.82) is 0 Å². The van der Waals surface area contributed by atoms with E-state index in [1.807, 2.05) is 38.1 Å². The lowest BCUT2D eigenvalue weighted by Gasteiger charge is -2.16. The first-order valence-electron chi connectivity index (χ1n) is 5.34. The van der Waals surface area contributed by atoms with Gasteiger partial charge in [-0.2, -0.15) is 0 Å². The molecule has 0 aliphatic carbocycles. The second-order valence-electron chi connectivity index (χ2n) is 3.66. The van der Waals surface area contributed by atoms with Crippen molar-refractivity contribution in [2.24, 2.45) is 0 Å². The number of hydrogen-bond acceptors (Lipinski definition) is 2. The van der Waals surface area contributed by atoms with Gasteiger partial charge < -0.3 is 9.30 Å². The van der Waals surface area contributed by atoms with Crippen LogP contribution < -0.4 is 4.74 Å². The van der Waals surface area contributed by atoms with Gasteiger partial charge in [0.2, 0.25) is 0 Å². The average Bonchev–Trinajstić information content (AvgIpc) is 2.29. The van der Waals surface area contributed by atoms with Gasteiger partial charge in [-0.05, 0) is 18.4 Å². The van der Waals surface area contributed by atoms with E-state index in [-0.39, 0.29) is 0 Å². The largest absolute Gasteiger partial charge is 0.496 e. The van der Waals surface area contributed by atoms with Crippen LogP contribution in [0.15, 0.2) is 24.3 Å². The highest BCUT2D eigenvalue weighted by molar-refractivity contribution is 7.63. The van der Waals surface area contributed by atoms with Crippen LogP contribution in [0.25, 0.3) is 0 Å². The van der Waals surface area contributed by atoms with Gasteiger partial charge in [-0.25, -0.2) is 0 Å². The summed E-state index contributed by atoms with van der Waals surface area (Å²) < 4.78 is 17.6. The van der Waals surface area contributed by atoms with Crippen molar-refractivity contribution < 1.29 is 9.30 Å². The van der Waals surface area contributed by atoms with Crippen LogP contribution in [-0.4, -0.2) is 19.4 Å². The van der Waals surface area contributed by atoms with Gasteiger partial charge in [0.1, 0.15) is 5.75 Å². The predicted molar refractivity (Wildman–Crippen MR) is 65.4 cm³/mol. The van der Waals surface area contributed by atoms with E-state index in [1.54, 1.807) is 7.11 Å². The first-order valence-corrected chi connectivity index (χ1v) is 7.60. The predicted octanol–water partition coefficient (Wildman–Crippen LogP) is 3.60. The quantitative estimate of drug-likeness (QED) is 0.717. The fraction of sp³-hybridized carbons (Fsp3) is 0.500. The number of para-hydroxylation sites is 1. The zero-order valence-electron chi connectivity index (χ0n) is 9.69. The van der Waals surface area contributed by atoms with Crippen LogP contribution in [0.1, 0.15) is 19.4 Å². The van der Waals surface area contributed by atoms with Crippen LogP contribution in [0.3, 0.4) is 0 Å². The molecule has 0 amide bonds. The van der Waals surface area contributed by atoms with E-state index in [9.17, 15) is 4.57 Å². The van der Waals surface area contributed by atoms with Crippen molar-refractivity contribution >= 4 is 7.14 Å². The molecule has 0 fully saturated rings. The summed E-state index contributed by atoms with van der Waals surface area (Å²) in [7, 11) is -0.369. The molecule has 1 aromatic rings. The molecule has 1 aromatic carbocycles. The maximum absolute atomic E-state index is 12.3. The number of benzene rings is 1. The van der Waals surface area contributed by atoms with Gasteiger partial charge in [0.15, 0.2) is 0 Å². The highest BCUT2D eigenvalue weighted by Gasteiger charge is 2.19. The molecule has 0 radical (unpaired) electrons. The fourth-order valence-corrected chi connectivity index (χ4v) is 3.37. The van der Waals surface area contributed by atoms with Gasteiger partial charge >= 0.3 is 0 Å². The average molecular weight is 226 g/mol. The van der Waals surface area contributed by atoms with Crippen molar-refractivity contribution in [1.82, 2.24) is 0 Å². The van der Waals surface area contributed by atoms with Crippen molar-refractivity contribution in [3.05, 3.63) is 29.8 Å². The zero-order valence-corrected chi connectivity index (χ0v) is 10.6. The summed E-state index contributed by atoms with van der Waals surface area (Å²) in [6.07, 6.45) is 2.19. The molecule has 0 aromatic heterocycles. The van der Waals surface area contributed by atoms with Crippen LogP contribution in [0, 0.1) is 0 Å². The Hall–Kier alpha value is -0.750. The normalized spacial score (nSPS) is 11.4. The monoisotopic (exact) mass is 226 g/mol. The second-order valence-corrected chi connectivity index (χ2v) is 7.36. The molecule has 2 nitrogen and oxygen atoms in total. The molecule has 84 valence electrons. The lowest BCUT2D eigenvalue weighted by Crippen LogP contribution is -1.97. The molecule has 0 N–H and O–H groups in total. The second kappa shape index (κ2) is 5.37. The number of methoxy groups -OCH3 is 1. The lowest BCUT2D eigenvalue weighted by molar-refractivity contribution is 0.411. The van der Waals surface area contributed by atoms with Gasteiger partial charge in [-0.15, -0.1) is 0 Å². The van der Waals surface area contributed by atoms with Gasteiger partial charge in [0.25, 0.3) is 0 Å². The Morgan fingerprint density at radius 1 is 1.20 bits per heavy atom. The van der Waals surface area contributed by atoms with Crippen molar-refractivity contribution in [2.45, 2.75) is 20.0 Å². The highest BCUT2D eigenvalue weighted by Crippen LogP contribution is 2.49. The number of hydrogen-bond donors (Lipinski definition) is 0. The molecule has 15 heavy (non-hydrogen) atoms. The summed E-state index contributed by atoms with van der Waals surface area (Å²) >= 11 is 0. The number of ether oxygens (including phenoxy) is 1. The van der Waals surface area contributed by atoms with Crippen LogP contribution in [0.5, 0.6) is 5.75 Å². The summed E-state index contributed by atoms with van der Waals surface area (Å²) in [5, 5.41) is 0. The van der Waals surface area contributed by atoms with E-state index in [4.69, 9.17) is 4.74 Å². The molecule has 1 rings (SSSR count). The first kappa shape index (κ1) is 12.3. The molecule has 0 saturated carbocycles. The zero-order chi connectivity index (χ0) is 11.3. The Morgan fingerprint density at radius 2 is 1.80 bits per heavy atom. The minimum atomic E-state index is -2.02. The summed E-state index contributed by atoms with van der Waals surface area (Å²) in [4.78, 5) is 0. The molecule has 0 aliphatic rings. The summed E-state index contributed by atoms with van der Waals surface area (Å²) in [6.45, 7) is 4.00. The summed E-state index contributed by atoms with van der Waals surface area (Å²) in [5.74, 6) is 0.847. The van der Waals surface area contributed by atoms with E-state index in [0.717, 1.165) is 23.6 Å². The van der Waals surface area contributed by atoms with Gasteiger partial charge in [-0.1, -0.05) is 32.0 Å². The standard InChI is InChI=1S/C12H19O2P/c1-4-15(13,5-2)10-11-8-6-7-9-12(11)14-3/h6-9H,4-5,10H2,1-3H3. The Morgan fingerprint density at radius 3 is 2.33 bits per heavy atom. The SMILES string of the molecule is CCP(=O)(CC)Cc1ccccc1OC. The van der Waals surface area contributed by atoms with Gasteiger partial charge in [-0.3, -0.25) is 0 Å². The molecular weight excluding hydrogens is 207 g/mol. The Kier molecular flexibility index (Phi) is 4.41. The highest BCUT2D eigenvalue weighted by atomic mass is 31.2. The Bertz CT molecular complexity index is 352. The third-order valence-electron chi connectivity index (χ3n) is 2.80. The molecule has 0 saturated heterocycles. The molecule has 0 aliphatic heterocycles. The number of rotatable bonds is 5.